The van der Waals surface area contributed by atoms with Gasteiger partial charge in [-0.2, -0.15) is 0 Å². The first-order valence-corrected chi connectivity index (χ1v) is 4.91. The highest BCUT2D eigenvalue weighted by Gasteiger charge is 2.03. The van der Waals surface area contributed by atoms with Gasteiger partial charge in [-0.3, -0.25) is 4.98 Å². The number of pyridine rings is 1. The van der Waals surface area contributed by atoms with Crippen LogP contribution in [0.4, 0.5) is 0 Å². The Labute approximate surface area is 87.6 Å². The van der Waals surface area contributed by atoms with Crippen LogP contribution in [0.5, 0.6) is 0 Å². The van der Waals surface area contributed by atoms with Gasteiger partial charge in [0.05, 0.1) is 0 Å². The summed E-state index contributed by atoms with van der Waals surface area (Å²) in [5.41, 5.74) is 2.38. The van der Waals surface area contributed by atoms with Crippen LogP contribution in [-0.4, -0.2) is 9.97 Å². The van der Waals surface area contributed by atoms with Crippen LogP contribution >= 0.6 is 0 Å². The second kappa shape index (κ2) is 3.24. The molecule has 72 valence electrons. The lowest BCUT2D eigenvalue weighted by molar-refractivity contribution is 1.37. The van der Waals surface area contributed by atoms with Crippen molar-refractivity contribution in [1.82, 2.24) is 9.97 Å². The molecule has 15 heavy (non-hydrogen) atoms. The van der Waals surface area contributed by atoms with Crippen molar-refractivity contribution in [3.8, 4) is 11.1 Å². The van der Waals surface area contributed by atoms with E-state index >= 15 is 0 Å². The van der Waals surface area contributed by atoms with Gasteiger partial charge in [0.2, 0.25) is 0 Å². The van der Waals surface area contributed by atoms with E-state index in [9.17, 15) is 0 Å². The summed E-state index contributed by atoms with van der Waals surface area (Å²) < 4.78 is 0. The normalized spacial score (nSPS) is 10.7. The van der Waals surface area contributed by atoms with Crippen molar-refractivity contribution >= 4 is 10.8 Å². The highest BCUT2D eigenvalue weighted by molar-refractivity contribution is 5.95. The lowest BCUT2D eigenvalue weighted by Crippen LogP contribution is -1.80. The zero-order chi connectivity index (χ0) is 10.1. The number of aromatic amines is 1. The number of fused-ring (bicyclic) bond motifs is 1. The summed E-state index contributed by atoms with van der Waals surface area (Å²) in [6, 6.07) is 10.3. The summed E-state index contributed by atoms with van der Waals surface area (Å²) in [5, 5.41) is 2.37. The number of nitrogens with one attached hydrogen (secondary N) is 1. The molecular weight excluding hydrogens is 184 g/mol. The predicted octanol–water partition coefficient (Wildman–Crippen LogP) is 3.23. The van der Waals surface area contributed by atoms with Crippen molar-refractivity contribution in [2.24, 2.45) is 0 Å². The summed E-state index contributed by atoms with van der Waals surface area (Å²) in [4.78, 5) is 7.35. The maximum absolute atomic E-state index is 4.24. The Morgan fingerprint density at radius 1 is 0.933 bits per heavy atom. The van der Waals surface area contributed by atoms with Gasteiger partial charge >= 0.3 is 0 Å². The Morgan fingerprint density at radius 3 is 2.67 bits per heavy atom. The molecule has 0 amide bonds. The first-order valence-electron chi connectivity index (χ1n) is 4.91. The van der Waals surface area contributed by atoms with Gasteiger partial charge < -0.3 is 4.98 Å². The molecule has 0 saturated heterocycles. The van der Waals surface area contributed by atoms with Crippen molar-refractivity contribution in [2.45, 2.75) is 0 Å². The predicted molar refractivity (Wildman–Crippen MR) is 61.5 cm³/mol. The fraction of sp³-hybridized carbons (Fsp3) is 0. The number of aromatic nitrogens is 2. The van der Waals surface area contributed by atoms with Crippen LogP contribution in [0.2, 0.25) is 0 Å². The second-order valence-corrected chi connectivity index (χ2v) is 3.51. The van der Waals surface area contributed by atoms with Crippen LogP contribution in [0.1, 0.15) is 0 Å². The van der Waals surface area contributed by atoms with E-state index < -0.39 is 0 Å². The van der Waals surface area contributed by atoms with E-state index in [0.717, 1.165) is 5.39 Å². The number of H-pyrrole nitrogens is 1. The van der Waals surface area contributed by atoms with Gasteiger partial charge in [-0.1, -0.05) is 30.3 Å². The van der Waals surface area contributed by atoms with Crippen LogP contribution in [0.25, 0.3) is 21.9 Å². The van der Waals surface area contributed by atoms with E-state index in [1.807, 2.05) is 43.0 Å². The number of hydrogen-bond acceptors (Lipinski definition) is 1. The molecule has 2 nitrogen and oxygen atoms in total. The smallest absolute Gasteiger partial charge is 0.0362 e. The Balaban J connectivity index is 2.31. The zero-order valence-corrected chi connectivity index (χ0v) is 8.14. The molecule has 3 rings (SSSR count). The van der Waals surface area contributed by atoms with Crippen molar-refractivity contribution in [3.63, 3.8) is 0 Å². The molecule has 2 heterocycles. The maximum Gasteiger partial charge on any atom is 0.0362 e. The Hall–Kier alpha value is -2.09. The van der Waals surface area contributed by atoms with Crippen LogP contribution in [0.15, 0.2) is 55.1 Å². The monoisotopic (exact) mass is 194 g/mol. The minimum Gasteiger partial charge on any atom is -0.366 e. The fourth-order valence-electron chi connectivity index (χ4n) is 1.83. The summed E-state index contributed by atoms with van der Waals surface area (Å²) in [6.45, 7) is 0. The second-order valence-electron chi connectivity index (χ2n) is 3.51. The van der Waals surface area contributed by atoms with Crippen molar-refractivity contribution in [2.75, 3.05) is 0 Å². The minimum atomic E-state index is 1.15. The third-order valence-corrected chi connectivity index (χ3v) is 2.57. The fourth-order valence-corrected chi connectivity index (χ4v) is 1.83. The molecule has 3 aromatic rings. The molecule has 0 aliphatic carbocycles. The molecule has 0 fully saturated rings. The molecule has 0 spiro atoms. The first-order chi connectivity index (χ1) is 7.45. The average Bonchev–Trinajstić information content (AvgIpc) is 2.78. The number of rotatable bonds is 1. The van der Waals surface area contributed by atoms with Gasteiger partial charge in [-0.25, -0.2) is 0 Å². The molecule has 0 atom stereocenters. The highest BCUT2D eigenvalue weighted by Crippen LogP contribution is 2.26. The van der Waals surface area contributed by atoms with E-state index in [-0.39, 0.29) is 0 Å². The number of benzene rings is 1. The lowest BCUT2D eigenvalue weighted by atomic mass is 10.0. The molecule has 0 unspecified atom stereocenters. The summed E-state index contributed by atoms with van der Waals surface area (Å²) in [7, 11) is 0. The Bertz CT molecular complexity index is 582. The largest absolute Gasteiger partial charge is 0.366 e. The van der Waals surface area contributed by atoms with Crippen LogP contribution in [-0.2, 0) is 0 Å². The SMILES string of the molecule is c1ccc(-c2cncc3c[nH]cc23)cc1. The summed E-state index contributed by atoms with van der Waals surface area (Å²) in [5.74, 6) is 0. The van der Waals surface area contributed by atoms with Gasteiger partial charge in [-0.15, -0.1) is 0 Å². The molecule has 2 heteroatoms. The molecule has 0 saturated carbocycles. The van der Waals surface area contributed by atoms with E-state index in [1.54, 1.807) is 0 Å². The Morgan fingerprint density at radius 2 is 1.80 bits per heavy atom. The van der Waals surface area contributed by atoms with E-state index in [1.165, 1.54) is 16.5 Å². The van der Waals surface area contributed by atoms with E-state index in [0.29, 0.717) is 0 Å². The first kappa shape index (κ1) is 8.24. The number of nitrogens with zero attached hydrogens (tertiary/aromatic N) is 1. The van der Waals surface area contributed by atoms with E-state index in [2.05, 4.69) is 22.1 Å². The molecule has 0 aliphatic heterocycles. The van der Waals surface area contributed by atoms with Crippen molar-refractivity contribution < 1.29 is 0 Å². The van der Waals surface area contributed by atoms with Crippen molar-refractivity contribution in [3.05, 3.63) is 55.1 Å². The molecule has 0 aliphatic rings. The number of hydrogen-bond donors (Lipinski definition) is 1. The van der Waals surface area contributed by atoms with Crippen LogP contribution in [0, 0.1) is 0 Å². The van der Waals surface area contributed by atoms with Gasteiger partial charge in [-0.05, 0) is 5.56 Å². The van der Waals surface area contributed by atoms with Gasteiger partial charge in [0.25, 0.3) is 0 Å². The van der Waals surface area contributed by atoms with Gasteiger partial charge in [0.15, 0.2) is 0 Å². The lowest BCUT2D eigenvalue weighted by Gasteiger charge is -2.01. The third-order valence-electron chi connectivity index (χ3n) is 2.57. The molecule has 0 radical (unpaired) electrons. The maximum atomic E-state index is 4.24. The standard InChI is InChI=1S/C13H10N2/c1-2-4-10(5-3-1)12-8-14-6-11-7-15-9-13(11)12/h1-9,15H. The molecule has 0 bridgehead atoms. The topological polar surface area (TPSA) is 28.7 Å². The van der Waals surface area contributed by atoms with Crippen LogP contribution < -0.4 is 0 Å². The molecule has 2 aromatic heterocycles. The highest BCUT2D eigenvalue weighted by atomic mass is 14.7. The van der Waals surface area contributed by atoms with Gasteiger partial charge in [0.1, 0.15) is 0 Å². The zero-order valence-electron chi connectivity index (χ0n) is 8.14. The summed E-state index contributed by atoms with van der Waals surface area (Å²) in [6.07, 6.45) is 7.76. The van der Waals surface area contributed by atoms with Gasteiger partial charge in [0, 0.05) is 41.1 Å². The average molecular weight is 194 g/mol. The molecule has 1 aromatic carbocycles. The minimum absolute atomic E-state index is 1.15. The van der Waals surface area contributed by atoms with E-state index in [4.69, 9.17) is 0 Å². The quantitative estimate of drug-likeness (QED) is 0.633. The Kier molecular flexibility index (Phi) is 1.78. The van der Waals surface area contributed by atoms with Crippen LogP contribution in [0.3, 0.4) is 0 Å². The third kappa shape index (κ3) is 1.31. The molecular formula is C13H10N2. The molecule has 1 N–H and O–H groups in total. The van der Waals surface area contributed by atoms with Crippen molar-refractivity contribution in [1.29, 1.82) is 0 Å². The summed E-state index contributed by atoms with van der Waals surface area (Å²) >= 11 is 0.